The van der Waals surface area contributed by atoms with Gasteiger partial charge in [-0.15, -0.1) is 0 Å². The zero-order chi connectivity index (χ0) is 12.8. The van der Waals surface area contributed by atoms with Gasteiger partial charge in [0.2, 0.25) is 0 Å². The third kappa shape index (κ3) is 4.05. The van der Waals surface area contributed by atoms with E-state index in [4.69, 9.17) is 4.74 Å². The Kier molecular flexibility index (Phi) is 5.11. The van der Waals surface area contributed by atoms with E-state index in [1.165, 1.54) is 6.07 Å². The van der Waals surface area contributed by atoms with E-state index >= 15 is 0 Å². The number of nitrogens with zero attached hydrogens (tertiary/aromatic N) is 1. The number of nitrogens with one attached hydrogen (secondary N) is 1. The molecule has 1 heterocycles. The van der Waals surface area contributed by atoms with Gasteiger partial charge < -0.3 is 10.1 Å². The van der Waals surface area contributed by atoms with Crippen LogP contribution in [0.15, 0.2) is 24.3 Å². The maximum Gasteiger partial charge on any atom is 0.123 e. The molecule has 4 heteroatoms. The molecule has 0 aliphatic carbocycles. The first-order chi connectivity index (χ1) is 8.78. The molecule has 0 unspecified atom stereocenters. The highest BCUT2D eigenvalue weighted by Crippen LogP contribution is 2.10. The standard InChI is InChI=1S/C14H21FN2O/c1-18-8-7-17-6-5-14(11-17)16-10-12-3-2-4-13(15)9-12/h2-4,9,14,16H,5-8,10-11H2,1H3/t14-/m0/s1. The fraction of sp³-hybridized carbons (Fsp3) is 0.571. The van der Waals surface area contributed by atoms with Gasteiger partial charge in [-0.2, -0.15) is 0 Å². The summed E-state index contributed by atoms with van der Waals surface area (Å²) >= 11 is 0. The zero-order valence-electron chi connectivity index (χ0n) is 10.9. The van der Waals surface area contributed by atoms with Crippen molar-refractivity contribution >= 4 is 0 Å². The number of hydrogen-bond acceptors (Lipinski definition) is 3. The molecule has 0 amide bonds. The molecule has 1 aliphatic heterocycles. The predicted molar refractivity (Wildman–Crippen MR) is 70.0 cm³/mol. The average Bonchev–Trinajstić information content (AvgIpc) is 2.82. The quantitative estimate of drug-likeness (QED) is 0.833. The van der Waals surface area contributed by atoms with Crippen molar-refractivity contribution in [2.24, 2.45) is 0 Å². The molecular weight excluding hydrogens is 231 g/mol. The van der Waals surface area contributed by atoms with Crippen molar-refractivity contribution in [3.63, 3.8) is 0 Å². The summed E-state index contributed by atoms with van der Waals surface area (Å²) in [4.78, 5) is 2.40. The summed E-state index contributed by atoms with van der Waals surface area (Å²) in [6, 6.07) is 7.28. The molecule has 2 rings (SSSR count). The monoisotopic (exact) mass is 252 g/mol. The lowest BCUT2D eigenvalue weighted by Gasteiger charge is -2.16. The van der Waals surface area contributed by atoms with Gasteiger partial charge in [-0.1, -0.05) is 12.1 Å². The van der Waals surface area contributed by atoms with Gasteiger partial charge in [0.25, 0.3) is 0 Å². The maximum atomic E-state index is 13.0. The van der Waals surface area contributed by atoms with Gasteiger partial charge in [0.1, 0.15) is 5.82 Å². The van der Waals surface area contributed by atoms with Crippen LogP contribution in [0.2, 0.25) is 0 Å². The molecule has 1 aliphatic rings. The van der Waals surface area contributed by atoms with Crippen LogP contribution in [-0.2, 0) is 11.3 Å². The van der Waals surface area contributed by atoms with Crippen LogP contribution in [0.5, 0.6) is 0 Å². The number of rotatable bonds is 6. The van der Waals surface area contributed by atoms with Crippen molar-refractivity contribution in [2.45, 2.75) is 19.0 Å². The first-order valence-electron chi connectivity index (χ1n) is 6.47. The van der Waals surface area contributed by atoms with E-state index in [9.17, 15) is 4.39 Å². The van der Waals surface area contributed by atoms with E-state index in [1.54, 1.807) is 19.2 Å². The van der Waals surface area contributed by atoms with E-state index in [1.807, 2.05) is 6.07 Å². The Hall–Kier alpha value is -0.970. The molecule has 3 nitrogen and oxygen atoms in total. The Labute approximate surface area is 108 Å². The van der Waals surface area contributed by atoms with E-state index < -0.39 is 0 Å². The highest BCUT2D eigenvalue weighted by atomic mass is 19.1. The van der Waals surface area contributed by atoms with Crippen LogP contribution in [0.1, 0.15) is 12.0 Å². The van der Waals surface area contributed by atoms with Crippen molar-refractivity contribution in [2.75, 3.05) is 33.4 Å². The first-order valence-corrected chi connectivity index (χ1v) is 6.47. The molecule has 1 aromatic rings. The first kappa shape index (κ1) is 13.5. The van der Waals surface area contributed by atoms with Crippen molar-refractivity contribution in [1.82, 2.24) is 10.2 Å². The normalized spacial score (nSPS) is 20.4. The molecule has 0 saturated carbocycles. The molecule has 18 heavy (non-hydrogen) atoms. The summed E-state index contributed by atoms with van der Waals surface area (Å²) < 4.78 is 18.1. The van der Waals surface area contributed by atoms with E-state index in [2.05, 4.69) is 10.2 Å². The minimum Gasteiger partial charge on any atom is -0.383 e. The topological polar surface area (TPSA) is 24.5 Å². The lowest BCUT2D eigenvalue weighted by atomic mass is 10.2. The predicted octanol–water partition coefficient (Wildman–Crippen LogP) is 1.64. The summed E-state index contributed by atoms with van der Waals surface area (Å²) in [7, 11) is 1.73. The summed E-state index contributed by atoms with van der Waals surface area (Å²) in [6.45, 7) is 4.69. The van der Waals surface area contributed by atoms with Crippen LogP contribution in [0, 0.1) is 5.82 Å². The SMILES string of the molecule is COCCN1CC[C@H](NCc2cccc(F)c2)C1. The number of ether oxygens (including phenoxy) is 1. The molecule has 0 aromatic heterocycles. The minimum atomic E-state index is -0.164. The Morgan fingerprint density at radius 2 is 2.39 bits per heavy atom. The molecule has 1 fully saturated rings. The third-order valence-electron chi connectivity index (χ3n) is 3.37. The van der Waals surface area contributed by atoms with Gasteiger partial charge in [0, 0.05) is 32.8 Å². The summed E-state index contributed by atoms with van der Waals surface area (Å²) in [5.74, 6) is -0.164. The lowest BCUT2D eigenvalue weighted by Crippen LogP contribution is -2.33. The van der Waals surface area contributed by atoms with Gasteiger partial charge >= 0.3 is 0 Å². The summed E-state index contributed by atoms with van der Waals surface area (Å²) in [6.07, 6.45) is 1.15. The van der Waals surface area contributed by atoms with Crippen molar-refractivity contribution in [3.05, 3.63) is 35.6 Å². The van der Waals surface area contributed by atoms with E-state index in [0.717, 1.165) is 44.8 Å². The second-order valence-electron chi connectivity index (χ2n) is 4.79. The van der Waals surface area contributed by atoms with Crippen LogP contribution < -0.4 is 5.32 Å². The highest BCUT2D eigenvalue weighted by Gasteiger charge is 2.21. The fourth-order valence-corrected chi connectivity index (χ4v) is 2.33. The van der Waals surface area contributed by atoms with Crippen LogP contribution in [-0.4, -0.2) is 44.3 Å². The number of benzene rings is 1. The van der Waals surface area contributed by atoms with Crippen molar-refractivity contribution in [3.8, 4) is 0 Å². The fourth-order valence-electron chi connectivity index (χ4n) is 2.33. The molecule has 0 spiro atoms. The van der Waals surface area contributed by atoms with Crippen LogP contribution in [0.3, 0.4) is 0 Å². The second kappa shape index (κ2) is 6.83. The van der Waals surface area contributed by atoms with Crippen molar-refractivity contribution in [1.29, 1.82) is 0 Å². The molecule has 0 radical (unpaired) electrons. The summed E-state index contributed by atoms with van der Waals surface area (Å²) in [5.41, 5.74) is 1.00. The minimum absolute atomic E-state index is 0.164. The van der Waals surface area contributed by atoms with E-state index in [0.29, 0.717) is 6.04 Å². The Bertz CT molecular complexity index is 373. The van der Waals surface area contributed by atoms with Gasteiger partial charge in [0.05, 0.1) is 6.61 Å². The third-order valence-corrected chi connectivity index (χ3v) is 3.37. The van der Waals surface area contributed by atoms with E-state index in [-0.39, 0.29) is 5.82 Å². The largest absolute Gasteiger partial charge is 0.383 e. The molecule has 1 saturated heterocycles. The van der Waals surface area contributed by atoms with Crippen LogP contribution >= 0.6 is 0 Å². The number of halogens is 1. The number of likely N-dealkylation sites (tertiary alicyclic amines) is 1. The molecule has 100 valence electrons. The van der Waals surface area contributed by atoms with Crippen molar-refractivity contribution < 1.29 is 9.13 Å². The summed E-state index contributed by atoms with van der Waals surface area (Å²) in [5, 5.41) is 3.48. The number of hydrogen-bond donors (Lipinski definition) is 1. The molecule has 1 aromatic carbocycles. The maximum absolute atomic E-state index is 13.0. The molecule has 1 atom stereocenters. The van der Waals surface area contributed by atoms with Gasteiger partial charge in [-0.25, -0.2) is 4.39 Å². The van der Waals surface area contributed by atoms with Gasteiger partial charge in [0.15, 0.2) is 0 Å². The number of methoxy groups -OCH3 is 1. The highest BCUT2D eigenvalue weighted by molar-refractivity contribution is 5.16. The Morgan fingerprint density at radius 3 is 3.17 bits per heavy atom. The van der Waals surface area contributed by atoms with Crippen LogP contribution in [0.4, 0.5) is 4.39 Å². The molecule has 0 bridgehead atoms. The van der Waals surface area contributed by atoms with Gasteiger partial charge in [-0.3, -0.25) is 4.90 Å². The lowest BCUT2D eigenvalue weighted by molar-refractivity contribution is 0.159. The Balaban J connectivity index is 1.72. The average molecular weight is 252 g/mol. The molecular formula is C14H21FN2O. The molecule has 1 N–H and O–H groups in total. The van der Waals surface area contributed by atoms with Crippen LogP contribution in [0.25, 0.3) is 0 Å². The Morgan fingerprint density at radius 1 is 1.50 bits per heavy atom. The second-order valence-corrected chi connectivity index (χ2v) is 4.79. The zero-order valence-corrected chi connectivity index (χ0v) is 10.9. The smallest absolute Gasteiger partial charge is 0.123 e. The van der Waals surface area contributed by atoms with Gasteiger partial charge in [-0.05, 0) is 30.7 Å².